The highest BCUT2D eigenvalue weighted by molar-refractivity contribution is 5.19. The van der Waals surface area contributed by atoms with E-state index in [1.54, 1.807) is 12.1 Å². The first-order chi connectivity index (χ1) is 11.3. The number of hydrogen-bond donors (Lipinski definition) is 0. The summed E-state index contributed by atoms with van der Waals surface area (Å²) in [5, 5.41) is 4.10. The topological polar surface area (TPSA) is 51.4 Å². The summed E-state index contributed by atoms with van der Waals surface area (Å²) in [7, 11) is 0. The zero-order valence-corrected chi connectivity index (χ0v) is 14.6. The maximum atomic E-state index is 13.1. The highest BCUT2D eigenvalue weighted by atomic mass is 19.1. The van der Waals surface area contributed by atoms with E-state index in [1.165, 1.54) is 12.1 Å². The molecule has 24 heavy (non-hydrogen) atoms. The second kappa shape index (κ2) is 6.61. The summed E-state index contributed by atoms with van der Waals surface area (Å²) in [5.41, 5.74) is 0.845. The Morgan fingerprint density at radius 3 is 2.58 bits per heavy atom. The molecule has 3 rings (SSSR count). The van der Waals surface area contributed by atoms with Crippen LogP contribution in [0.5, 0.6) is 0 Å². The molecule has 5 nitrogen and oxygen atoms in total. The second-order valence-electron chi connectivity index (χ2n) is 7.29. The monoisotopic (exact) mass is 333 g/mol. The van der Waals surface area contributed by atoms with Gasteiger partial charge in [0.25, 0.3) is 0 Å². The molecule has 2 aromatic rings. The molecule has 0 N–H and O–H groups in total. The van der Waals surface area contributed by atoms with E-state index in [0.29, 0.717) is 24.9 Å². The summed E-state index contributed by atoms with van der Waals surface area (Å²) in [5.74, 6) is 1.10. The van der Waals surface area contributed by atoms with E-state index in [2.05, 4.69) is 42.7 Å². The Morgan fingerprint density at radius 1 is 1.25 bits per heavy atom. The molecule has 0 amide bonds. The lowest BCUT2D eigenvalue weighted by atomic mass is 9.96. The SMILES string of the molecule is C[C@H](c1nc(C(C)(C)C)no1)N1CCO[C@@H](c2ccc(F)cc2)C1. The molecule has 2 heterocycles. The Morgan fingerprint density at radius 2 is 1.96 bits per heavy atom. The average Bonchev–Trinajstić information content (AvgIpc) is 3.05. The first kappa shape index (κ1) is 17.0. The number of aromatic nitrogens is 2. The third-order valence-electron chi connectivity index (χ3n) is 4.36. The summed E-state index contributed by atoms with van der Waals surface area (Å²) in [6, 6.07) is 6.50. The Kier molecular flexibility index (Phi) is 4.69. The van der Waals surface area contributed by atoms with Crippen molar-refractivity contribution in [3.8, 4) is 0 Å². The van der Waals surface area contributed by atoms with Crippen molar-refractivity contribution in [2.24, 2.45) is 0 Å². The number of hydrogen-bond acceptors (Lipinski definition) is 5. The van der Waals surface area contributed by atoms with Gasteiger partial charge in [-0.2, -0.15) is 4.98 Å². The number of benzene rings is 1. The van der Waals surface area contributed by atoms with Crippen LogP contribution in [0, 0.1) is 5.82 Å². The minimum absolute atomic E-state index is 0.0143. The van der Waals surface area contributed by atoms with E-state index < -0.39 is 0 Å². The van der Waals surface area contributed by atoms with Gasteiger partial charge in [-0.15, -0.1) is 0 Å². The average molecular weight is 333 g/mol. The zero-order valence-electron chi connectivity index (χ0n) is 14.6. The minimum atomic E-state index is -0.236. The van der Waals surface area contributed by atoms with Gasteiger partial charge in [0.05, 0.1) is 18.8 Å². The Labute approximate surface area is 141 Å². The molecule has 1 aromatic carbocycles. The standard InChI is InChI=1S/C18H24FN3O2/c1-12(16-20-17(21-24-16)18(2,3)4)22-9-10-23-15(11-22)13-5-7-14(19)8-6-13/h5-8,12,15H,9-11H2,1-4H3/t12-,15-/m1/s1. The smallest absolute Gasteiger partial charge is 0.243 e. The van der Waals surface area contributed by atoms with E-state index in [0.717, 1.165) is 12.1 Å². The molecular weight excluding hydrogens is 309 g/mol. The van der Waals surface area contributed by atoms with Crippen molar-refractivity contribution in [2.45, 2.75) is 45.3 Å². The summed E-state index contributed by atoms with van der Waals surface area (Å²) in [4.78, 5) is 6.82. The fourth-order valence-electron chi connectivity index (χ4n) is 2.77. The number of ether oxygens (including phenoxy) is 1. The molecule has 1 aromatic heterocycles. The van der Waals surface area contributed by atoms with Crippen molar-refractivity contribution >= 4 is 0 Å². The molecule has 130 valence electrons. The first-order valence-corrected chi connectivity index (χ1v) is 8.30. The molecule has 0 radical (unpaired) electrons. The van der Waals surface area contributed by atoms with Gasteiger partial charge in [0.1, 0.15) is 5.82 Å². The Hall–Kier alpha value is -1.79. The van der Waals surface area contributed by atoms with Crippen LogP contribution in [-0.2, 0) is 10.2 Å². The summed E-state index contributed by atoms with van der Waals surface area (Å²) >= 11 is 0. The van der Waals surface area contributed by atoms with Gasteiger partial charge in [0.15, 0.2) is 5.82 Å². The van der Waals surface area contributed by atoms with Gasteiger partial charge in [-0.05, 0) is 24.6 Å². The van der Waals surface area contributed by atoms with Crippen molar-refractivity contribution in [1.82, 2.24) is 15.0 Å². The third kappa shape index (κ3) is 3.65. The fourth-order valence-corrected chi connectivity index (χ4v) is 2.77. The maximum absolute atomic E-state index is 13.1. The zero-order chi connectivity index (χ0) is 17.3. The van der Waals surface area contributed by atoms with E-state index in [9.17, 15) is 4.39 Å². The van der Waals surface area contributed by atoms with Crippen LogP contribution in [0.1, 0.15) is 57.1 Å². The summed E-state index contributed by atoms with van der Waals surface area (Å²) in [6.45, 7) is 10.4. The second-order valence-corrected chi connectivity index (χ2v) is 7.29. The van der Waals surface area contributed by atoms with Gasteiger partial charge in [-0.25, -0.2) is 4.39 Å². The molecule has 0 unspecified atom stereocenters. The lowest BCUT2D eigenvalue weighted by Gasteiger charge is -2.35. The molecule has 6 heteroatoms. The minimum Gasteiger partial charge on any atom is -0.371 e. The largest absolute Gasteiger partial charge is 0.371 e. The van der Waals surface area contributed by atoms with Crippen LogP contribution < -0.4 is 0 Å². The van der Waals surface area contributed by atoms with Gasteiger partial charge in [0.2, 0.25) is 5.89 Å². The number of morpholine rings is 1. The molecule has 2 atom stereocenters. The van der Waals surface area contributed by atoms with Crippen molar-refractivity contribution in [3.63, 3.8) is 0 Å². The lowest BCUT2D eigenvalue weighted by Crippen LogP contribution is -2.40. The van der Waals surface area contributed by atoms with Crippen LogP contribution in [-0.4, -0.2) is 34.7 Å². The first-order valence-electron chi connectivity index (χ1n) is 8.30. The number of halogens is 1. The molecule has 0 spiro atoms. The molecule has 1 aliphatic heterocycles. The number of nitrogens with zero attached hydrogens (tertiary/aromatic N) is 3. The molecule has 0 bridgehead atoms. The number of rotatable bonds is 3. The molecule has 0 saturated carbocycles. The van der Waals surface area contributed by atoms with E-state index >= 15 is 0 Å². The van der Waals surface area contributed by atoms with Gasteiger partial charge in [-0.3, -0.25) is 4.90 Å². The predicted molar refractivity (Wildman–Crippen MR) is 88.1 cm³/mol. The lowest BCUT2D eigenvalue weighted by molar-refractivity contribution is -0.0469. The van der Waals surface area contributed by atoms with Gasteiger partial charge in [0, 0.05) is 18.5 Å². The molecule has 0 aliphatic carbocycles. The summed E-state index contributed by atoms with van der Waals surface area (Å²) in [6.07, 6.45) is -0.0770. The van der Waals surface area contributed by atoms with Crippen LogP contribution in [0.3, 0.4) is 0 Å². The van der Waals surface area contributed by atoms with Crippen LogP contribution in [0.2, 0.25) is 0 Å². The van der Waals surface area contributed by atoms with Crippen molar-refractivity contribution in [3.05, 3.63) is 47.4 Å². The highest BCUT2D eigenvalue weighted by Gasteiger charge is 2.30. The van der Waals surface area contributed by atoms with Crippen molar-refractivity contribution in [1.29, 1.82) is 0 Å². The molecular formula is C18H24FN3O2. The molecule has 1 saturated heterocycles. The molecule has 1 fully saturated rings. The Bertz CT molecular complexity index is 678. The van der Waals surface area contributed by atoms with Crippen molar-refractivity contribution < 1.29 is 13.7 Å². The predicted octanol–water partition coefficient (Wildman–Crippen LogP) is 3.64. The summed E-state index contributed by atoms with van der Waals surface area (Å²) < 4.78 is 24.4. The van der Waals surface area contributed by atoms with E-state index in [-0.39, 0.29) is 23.4 Å². The van der Waals surface area contributed by atoms with Crippen LogP contribution in [0.25, 0.3) is 0 Å². The van der Waals surface area contributed by atoms with E-state index in [1.807, 2.05) is 0 Å². The van der Waals surface area contributed by atoms with Crippen LogP contribution >= 0.6 is 0 Å². The quantitative estimate of drug-likeness (QED) is 0.858. The third-order valence-corrected chi connectivity index (χ3v) is 4.36. The van der Waals surface area contributed by atoms with Gasteiger partial charge >= 0.3 is 0 Å². The fraction of sp³-hybridized carbons (Fsp3) is 0.556. The van der Waals surface area contributed by atoms with E-state index in [4.69, 9.17) is 9.26 Å². The van der Waals surface area contributed by atoms with Gasteiger partial charge in [-0.1, -0.05) is 38.1 Å². The van der Waals surface area contributed by atoms with Crippen LogP contribution in [0.4, 0.5) is 4.39 Å². The Balaban J connectivity index is 1.72. The highest BCUT2D eigenvalue weighted by Crippen LogP contribution is 2.29. The molecule has 1 aliphatic rings. The van der Waals surface area contributed by atoms with Crippen LogP contribution in [0.15, 0.2) is 28.8 Å². The van der Waals surface area contributed by atoms with Gasteiger partial charge < -0.3 is 9.26 Å². The van der Waals surface area contributed by atoms with Crippen molar-refractivity contribution in [2.75, 3.05) is 19.7 Å². The maximum Gasteiger partial charge on any atom is 0.243 e. The normalized spacial score (nSPS) is 21.0.